The second-order valence-electron chi connectivity index (χ2n) is 6.09. The van der Waals surface area contributed by atoms with Crippen molar-refractivity contribution in [3.05, 3.63) is 41.5 Å². The van der Waals surface area contributed by atoms with Crippen LogP contribution in [0.2, 0.25) is 0 Å². The Hall–Kier alpha value is -0.640. The highest BCUT2D eigenvalue weighted by atomic mass is 127. The van der Waals surface area contributed by atoms with Crippen LogP contribution in [0, 0.1) is 11.3 Å². The lowest BCUT2D eigenvalue weighted by Gasteiger charge is -2.33. The third-order valence-corrected chi connectivity index (χ3v) is 6.29. The summed E-state index contributed by atoms with van der Waals surface area (Å²) >= 11 is 2.46. The summed E-state index contributed by atoms with van der Waals surface area (Å²) in [5.41, 5.74) is 2.72. The van der Waals surface area contributed by atoms with Gasteiger partial charge in [-0.1, -0.05) is 42.8 Å². The molecule has 0 spiro atoms. The zero-order chi connectivity index (χ0) is 13.5. The van der Waals surface area contributed by atoms with Crippen molar-refractivity contribution in [3.8, 4) is 0 Å². The fourth-order valence-electron chi connectivity index (χ4n) is 3.68. The minimum absolute atomic E-state index is 0.0706. The highest BCUT2D eigenvalue weighted by Crippen LogP contribution is 2.54. The van der Waals surface area contributed by atoms with Crippen molar-refractivity contribution in [2.45, 2.75) is 39.0 Å². The molecule has 0 amide bonds. The predicted molar refractivity (Wildman–Crippen MR) is 87.1 cm³/mol. The first-order chi connectivity index (χ1) is 9.11. The normalized spacial score (nSPS) is 33.2. The minimum atomic E-state index is -0.0706. The fraction of sp³-hybridized carbons (Fsp3) is 0.471. The van der Waals surface area contributed by atoms with Gasteiger partial charge in [0.15, 0.2) is 0 Å². The summed E-state index contributed by atoms with van der Waals surface area (Å²) in [4.78, 5) is 12.3. The van der Waals surface area contributed by atoms with Gasteiger partial charge >= 0.3 is 0 Å². The molecule has 2 aliphatic carbocycles. The molecule has 2 heteroatoms. The lowest BCUT2D eigenvalue weighted by Crippen LogP contribution is -2.35. The third kappa shape index (κ3) is 2.28. The molecule has 2 fully saturated rings. The van der Waals surface area contributed by atoms with Crippen LogP contribution in [-0.2, 0) is 4.79 Å². The Bertz CT molecular complexity index is 531. The summed E-state index contributed by atoms with van der Waals surface area (Å²) in [5, 5.41) is 0. The summed E-state index contributed by atoms with van der Waals surface area (Å²) in [5.74, 6) is 1.08. The van der Waals surface area contributed by atoms with Crippen LogP contribution in [0.15, 0.2) is 35.9 Å². The van der Waals surface area contributed by atoms with E-state index >= 15 is 0 Å². The molecule has 1 nitrogen and oxygen atoms in total. The summed E-state index contributed by atoms with van der Waals surface area (Å²) in [6.45, 7) is 2.20. The lowest BCUT2D eigenvalue weighted by atomic mass is 9.69. The van der Waals surface area contributed by atoms with Crippen LogP contribution in [0.3, 0.4) is 0 Å². The zero-order valence-corrected chi connectivity index (χ0v) is 13.4. The molecular weight excluding hydrogens is 347 g/mol. The molecule has 0 saturated heterocycles. The van der Waals surface area contributed by atoms with E-state index in [1.54, 1.807) is 0 Å². The third-order valence-electron chi connectivity index (χ3n) is 4.91. The number of allylic oxidation sites excluding steroid dienone is 1. The molecule has 2 saturated carbocycles. The van der Waals surface area contributed by atoms with E-state index in [-0.39, 0.29) is 5.41 Å². The van der Waals surface area contributed by atoms with Gasteiger partial charge in [0.05, 0.1) is 0 Å². The number of rotatable bonds is 1. The van der Waals surface area contributed by atoms with Crippen molar-refractivity contribution >= 4 is 32.0 Å². The van der Waals surface area contributed by atoms with E-state index in [1.165, 1.54) is 21.1 Å². The number of benzene rings is 1. The molecule has 0 heterocycles. The predicted octanol–water partition coefficient (Wildman–Crippen LogP) is 5.00. The maximum absolute atomic E-state index is 12.3. The quantitative estimate of drug-likeness (QED) is 0.639. The van der Waals surface area contributed by atoms with E-state index in [4.69, 9.17) is 0 Å². The van der Waals surface area contributed by atoms with Crippen LogP contribution in [0.4, 0.5) is 0 Å². The van der Waals surface area contributed by atoms with Gasteiger partial charge in [0.1, 0.15) is 5.78 Å². The van der Waals surface area contributed by atoms with E-state index in [9.17, 15) is 4.79 Å². The van der Waals surface area contributed by atoms with Crippen LogP contribution in [-0.4, -0.2) is 5.78 Å². The Kier molecular flexibility index (Phi) is 3.54. The molecule has 19 heavy (non-hydrogen) atoms. The maximum atomic E-state index is 12.3. The second kappa shape index (κ2) is 5.04. The number of hydrogen-bond donors (Lipinski definition) is 0. The molecule has 1 aromatic rings. The number of carbonyl (C=O) groups excluding carboxylic acids is 1. The fourth-order valence-corrected chi connectivity index (χ4v) is 4.45. The topological polar surface area (TPSA) is 17.1 Å². The molecule has 0 aliphatic heterocycles. The van der Waals surface area contributed by atoms with Gasteiger partial charge in [-0.15, -0.1) is 0 Å². The van der Waals surface area contributed by atoms with E-state index in [1.807, 2.05) is 0 Å². The van der Waals surface area contributed by atoms with Crippen LogP contribution in [0.1, 0.15) is 44.6 Å². The van der Waals surface area contributed by atoms with Gasteiger partial charge in [0, 0.05) is 15.4 Å². The summed E-state index contributed by atoms with van der Waals surface area (Å²) in [6, 6.07) is 10.6. The smallest absolute Gasteiger partial charge is 0.139 e. The number of ketones is 1. The minimum Gasteiger partial charge on any atom is -0.299 e. The lowest BCUT2D eigenvalue weighted by molar-refractivity contribution is -0.132. The molecule has 3 rings (SSSR count). The first kappa shape index (κ1) is 13.3. The number of fused-ring (bicyclic) bond motifs is 1. The van der Waals surface area contributed by atoms with Crippen molar-refractivity contribution < 1.29 is 4.79 Å². The second-order valence-corrected chi connectivity index (χ2v) is 7.17. The van der Waals surface area contributed by atoms with Gasteiger partial charge in [-0.25, -0.2) is 0 Å². The molecule has 2 aliphatic rings. The van der Waals surface area contributed by atoms with Crippen LogP contribution < -0.4 is 0 Å². The van der Waals surface area contributed by atoms with E-state index < -0.39 is 0 Å². The average molecular weight is 366 g/mol. The molecule has 0 radical (unpaired) electrons. The number of carbonyl (C=O) groups is 1. The Labute approximate surface area is 128 Å². The van der Waals surface area contributed by atoms with Gasteiger partial charge in [0.2, 0.25) is 0 Å². The standard InChI is InChI=1S/C17H19IO/c1-17-11-13(10-14(17)8-5-9-15(17)19)16(18)12-6-3-2-4-7-12/h2-4,6-7,14H,5,8-11H2,1H3/b16-13+. The molecule has 2 atom stereocenters. The molecule has 0 aromatic heterocycles. The maximum Gasteiger partial charge on any atom is 0.139 e. The van der Waals surface area contributed by atoms with Gasteiger partial charge in [-0.05, 0) is 59.8 Å². The average Bonchev–Trinajstić information content (AvgIpc) is 2.79. The molecule has 0 bridgehead atoms. The van der Waals surface area contributed by atoms with Crippen molar-refractivity contribution in [2.75, 3.05) is 0 Å². The summed E-state index contributed by atoms with van der Waals surface area (Å²) in [7, 11) is 0. The zero-order valence-electron chi connectivity index (χ0n) is 11.3. The molecule has 100 valence electrons. The molecule has 2 unspecified atom stereocenters. The van der Waals surface area contributed by atoms with Gasteiger partial charge in [0.25, 0.3) is 0 Å². The monoisotopic (exact) mass is 366 g/mol. The van der Waals surface area contributed by atoms with Crippen LogP contribution in [0.5, 0.6) is 0 Å². The van der Waals surface area contributed by atoms with Gasteiger partial charge in [-0.3, -0.25) is 4.79 Å². The largest absolute Gasteiger partial charge is 0.299 e. The molecular formula is C17H19IO. The number of halogens is 1. The SMILES string of the molecule is CC12C/C(=C(/I)c3ccccc3)CC1CCCC2=O. The number of hydrogen-bond acceptors (Lipinski definition) is 1. The molecule has 1 aromatic carbocycles. The van der Waals surface area contributed by atoms with Gasteiger partial charge < -0.3 is 0 Å². The Morgan fingerprint density at radius 1 is 1.32 bits per heavy atom. The summed E-state index contributed by atoms with van der Waals surface area (Å²) < 4.78 is 1.36. The van der Waals surface area contributed by atoms with Crippen molar-refractivity contribution in [1.82, 2.24) is 0 Å². The van der Waals surface area contributed by atoms with Crippen molar-refractivity contribution in [3.63, 3.8) is 0 Å². The Balaban J connectivity index is 1.95. The number of Topliss-reactive ketones (excluding diaryl/α,β-unsaturated/α-hetero) is 1. The van der Waals surface area contributed by atoms with E-state index in [0.717, 1.165) is 25.7 Å². The van der Waals surface area contributed by atoms with Gasteiger partial charge in [-0.2, -0.15) is 0 Å². The highest BCUT2D eigenvalue weighted by Gasteiger charge is 2.48. The summed E-state index contributed by atoms with van der Waals surface area (Å²) in [6.07, 6.45) is 5.21. The Morgan fingerprint density at radius 3 is 2.74 bits per heavy atom. The Morgan fingerprint density at radius 2 is 2.05 bits per heavy atom. The van der Waals surface area contributed by atoms with Crippen LogP contribution >= 0.6 is 22.6 Å². The molecule has 0 N–H and O–H groups in total. The highest BCUT2D eigenvalue weighted by molar-refractivity contribution is 14.1. The first-order valence-electron chi connectivity index (χ1n) is 7.07. The van der Waals surface area contributed by atoms with E-state index in [2.05, 4.69) is 59.8 Å². The first-order valence-corrected chi connectivity index (χ1v) is 8.15. The van der Waals surface area contributed by atoms with Crippen molar-refractivity contribution in [1.29, 1.82) is 0 Å². The van der Waals surface area contributed by atoms with Crippen molar-refractivity contribution in [2.24, 2.45) is 11.3 Å². The van der Waals surface area contributed by atoms with Crippen LogP contribution in [0.25, 0.3) is 3.58 Å². The van der Waals surface area contributed by atoms with E-state index in [0.29, 0.717) is 11.7 Å².